The van der Waals surface area contributed by atoms with E-state index in [-0.39, 0.29) is 42.7 Å². The SMILES string of the molecule is CN(C)c1ccc([C@@H]2C3=C(C[C@H](c4ccc(F)cc4)CC3=O)Nc3ccccc3N2C(=O)CCC(=O)O)cc1. The molecule has 2 atom stereocenters. The molecule has 8 heteroatoms. The van der Waals surface area contributed by atoms with Crippen LogP contribution in [-0.2, 0) is 14.4 Å². The van der Waals surface area contributed by atoms with E-state index in [0.29, 0.717) is 29.1 Å². The molecule has 0 saturated heterocycles. The Morgan fingerprint density at radius 3 is 2.28 bits per heavy atom. The maximum Gasteiger partial charge on any atom is 0.303 e. The number of para-hydroxylation sites is 2. The van der Waals surface area contributed by atoms with Crippen LogP contribution in [0.1, 0.15) is 48.8 Å². The van der Waals surface area contributed by atoms with Crippen LogP contribution in [0, 0.1) is 5.82 Å². The summed E-state index contributed by atoms with van der Waals surface area (Å²) in [7, 11) is 3.87. The van der Waals surface area contributed by atoms with Gasteiger partial charge in [-0.05, 0) is 59.9 Å². The number of rotatable bonds is 6. The van der Waals surface area contributed by atoms with Crippen LogP contribution in [0.4, 0.5) is 21.5 Å². The highest BCUT2D eigenvalue weighted by Crippen LogP contribution is 2.47. The molecule has 3 aromatic rings. The Hall–Kier alpha value is -4.46. The molecule has 1 aliphatic heterocycles. The van der Waals surface area contributed by atoms with E-state index in [0.717, 1.165) is 16.8 Å². The predicted molar refractivity (Wildman–Crippen MR) is 148 cm³/mol. The zero-order valence-electron chi connectivity index (χ0n) is 21.9. The minimum absolute atomic E-state index is 0.108. The number of anilines is 3. The van der Waals surface area contributed by atoms with Crippen LogP contribution >= 0.6 is 0 Å². The number of amides is 1. The molecule has 0 saturated carbocycles. The smallest absolute Gasteiger partial charge is 0.303 e. The van der Waals surface area contributed by atoms with Gasteiger partial charge in [0.15, 0.2) is 5.78 Å². The number of carbonyl (C=O) groups is 3. The number of carboxylic acid groups (broad SMARTS) is 1. The Labute approximate surface area is 226 Å². The average Bonchev–Trinajstić information content (AvgIpc) is 3.07. The molecular formula is C31H30FN3O4. The first-order valence-electron chi connectivity index (χ1n) is 12.9. The molecule has 3 aromatic carbocycles. The first-order valence-corrected chi connectivity index (χ1v) is 12.9. The minimum Gasteiger partial charge on any atom is -0.481 e. The fourth-order valence-electron chi connectivity index (χ4n) is 5.44. The Morgan fingerprint density at radius 2 is 1.62 bits per heavy atom. The number of nitrogens with one attached hydrogen (secondary N) is 1. The number of halogens is 1. The molecule has 1 amide bonds. The first kappa shape index (κ1) is 26.2. The van der Waals surface area contributed by atoms with Gasteiger partial charge in [-0.15, -0.1) is 0 Å². The van der Waals surface area contributed by atoms with Crippen LogP contribution in [-0.4, -0.2) is 36.9 Å². The van der Waals surface area contributed by atoms with E-state index in [1.165, 1.54) is 12.1 Å². The van der Waals surface area contributed by atoms with E-state index in [1.807, 2.05) is 67.5 Å². The number of benzene rings is 3. The number of fused-ring (bicyclic) bond motifs is 1. The molecular weight excluding hydrogens is 497 g/mol. The number of hydrogen-bond acceptors (Lipinski definition) is 5. The molecule has 0 aromatic heterocycles. The number of nitrogens with zero attached hydrogens (tertiary/aromatic N) is 2. The molecule has 1 heterocycles. The number of allylic oxidation sites excluding steroid dienone is 1. The molecule has 200 valence electrons. The van der Waals surface area contributed by atoms with Crippen LogP contribution in [0.2, 0.25) is 0 Å². The molecule has 0 radical (unpaired) electrons. The van der Waals surface area contributed by atoms with Gasteiger partial charge in [0.05, 0.1) is 23.8 Å². The molecule has 5 rings (SSSR count). The lowest BCUT2D eigenvalue weighted by Crippen LogP contribution is -2.38. The second kappa shape index (κ2) is 10.7. The van der Waals surface area contributed by atoms with Gasteiger partial charge in [0, 0.05) is 43.9 Å². The van der Waals surface area contributed by atoms with Crippen molar-refractivity contribution in [2.45, 2.75) is 37.6 Å². The van der Waals surface area contributed by atoms with Gasteiger partial charge in [-0.25, -0.2) is 4.39 Å². The molecule has 39 heavy (non-hydrogen) atoms. The van der Waals surface area contributed by atoms with Gasteiger partial charge in [0.2, 0.25) is 5.91 Å². The lowest BCUT2D eigenvalue weighted by Gasteiger charge is -2.35. The van der Waals surface area contributed by atoms with Crippen molar-refractivity contribution >= 4 is 34.7 Å². The summed E-state index contributed by atoms with van der Waals surface area (Å²) in [5.41, 5.74) is 5.04. The van der Waals surface area contributed by atoms with Crippen LogP contribution in [0.5, 0.6) is 0 Å². The van der Waals surface area contributed by atoms with Gasteiger partial charge in [-0.2, -0.15) is 0 Å². The van der Waals surface area contributed by atoms with Crippen LogP contribution in [0.25, 0.3) is 0 Å². The highest BCUT2D eigenvalue weighted by atomic mass is 19.1. The zero-order chi connectivity index (χ0) is 27.7. The van der Waals surface area contributed by atoms with E-state index < -0.39 is 12.0 Å². The topological polar surface area (TPSA) is 90.0 Å². The molecule has 7 nitrogen and oxygen atoms in total. The Kier molecular flexibility index (Phi) is 7.19. The van der Waals surface area contributed by atoms with Crippen molar-refractivity contribution in [3.63, 3.8) is 0 Å². The van der Waals surface area contributed by atoms with Gasteiger partial charge in [-0.3, -0.25) is 19.3 Å². The van der Waals surface area contributed by atoms with Crippen molar-refractivity contribution in [2.75, 3.05) is 29.2 Å². The second-order valence-corrected chi connectivity index (χ2v) is 10.2. The maximum absolute atomic E-state index is 14.0. The number of carbonyl (C=O) groups excluding carboxylic acids is 2. The maximum atomic E-state index is 14.0. The normalized spacial score (nSPS) is 18.5. The molecule has 0 unspecified atom stereocenters. The van der Waals surface area contributed by atoms with Crippen LogP contribution in [0.3, 0.4) is 0 Å². The summed E-state index contributed by atoms with van der Waals surface area (Å²) in [6, 6.07) is 20.5. The van der Waals surface area contributed by atoms with Crippen molar-refractivity contribution in [3.8, 4) is 0 Å². The number of hydrogen-bond donors (Lipinski definition) is 2. The van der Waals surface area contributed by atoms with Gasteiger partial charge in [0.1, 0.15) is 5.82 Å². The van der Waals surface area contributed by atoms with E-state index >= 15 is 0 Å². The van der Waals surface area contributed by atoms with Gasteiger partial charge < -0.3 is 15.3 Å². The molecule has 1 aliphatic carbocycles. The highest BCUT2D eigenvalue weighted by Gasteiger charge is 2.41. The minimum atomic E-state index is -1.06. The van der Waals surface area contributed by atoms with E-state index in [9.17, 15) is 23.9 Å². The van der Waals surface area contributed by atoms with Crippen molar-refractivity contribution in [1.82, 2.24) is 0 Å². The fourth-order valence-corrected chi connectivity index (χ4v) is 5.44. The monoisotopic (exact) mass is 527 g/mol. The van der Waals surface area contributed by atoms with E-state index in [1.54, 1.807) is 17.0 Å². The Bertz CT molecular complexity index is 1450. The Balaban J connectivity index is 1.67. The lowest BCUT2D eigenvalue weighted by molar-refractivity contribution is -0.138. The van der Waals surface area contributed by atoms with Crippen LogP contribution in [0.15, 0.2) is 84.1 Å². The predicted octanol–water partition coefficient (Wildman–Crippen LogP) is 5.66. The third kappa shape index (κ3) is 5.27. The molecule has 0 bridgehead atoms. The highest BCUT2D eigenvalue weighted by molar-refractivity contribution is 6.06. The van der Waals surface area contributed by atoms with E-state index in [4.69, 9.17) is 0 Å². The van der Waals surface area contributed by atoms with Crippen molar-refractivity contribution in [2.24, 2.45) is 0 Å². The zero-order valence-corrected chi connectivity index (χ0v) is 21.9. The average molecular weight is 528 g/mol. The lowest BCUT2D eigenvalue weighted by atomic mass is 9.78. The van der Waals surface area contributed by atoms with E-state index in [2.05, 4.69) is 5.32 Å². The number of Topliss-reactive ketones (excluding diaryl/α,β-unsaturated/α-hetero) is 1. The number of carboxylic acids is 1. The summed E-state index contributed by atoms with van der Waals surface area (Å²) < 4.78 is 13.6. The first-order chi connectivity index (χ1) is 18.7. The van der Waals surface area contributed by atoms with Crippen LogP contribution < -0.4 is 15.1 Å². The summed E-state index contributed by atoms with van der Waals surface area (Å²) in [6.45, 7) is 0. The summed E-state index contributed by atoms with van der Waals surface area (Å²) in [4.78, 5) is 42.6. The van der Waals surface area contributed by atoms with Gasteiger partial charge in [0.25, 0.3) is 0 Å². The number of ketones is 1. The Morgan fingerprint density at radius 1 is 0.949 bits per heavy atom. The molecule has 0 spiro atoms. The summed E-state index contributed by atoms with van der Waals surface area (Å²) in [6.07, 6.45) is 0.199. The summed E-state index contributed by atoms with van der Waals surface area (Å²) >= 11 is 0. The van der Waals surface area contributed by atoms with Crippen molar-refractivity contribution in [3.05, 3.63) is 101 Å². The molecule has 2 aliphatic rings. The van der Waals surface area contributed by atoms with Crippen molar-refractivity contribution in [1.29, 1.82) is 0 Å². The molecule has 2 N–H and O–H groups in total. The van der Waals surface area contributed by atoms with Gasteiger partial charge in [-0.1, -0.05) is 36.4 Å². The van der Waals surface area contributed by atoms with Crippen molar-refractivity contribution < 1.29 is 23.9 Å². The second-order valence-electron chi connectivity index (χ2n) is 10.2. The number of aliphatic carboxylic acids is 1. The summed E-state index contributed by atoms with van der Waals surface area (Å²) in [5, 5.41) is 12.7. The quantitative estimate of drug-likeness (QED) is 0.430. The van der Waals surface area contributed by atoms with Gasteiger partial charge >= 0.3 is 5.97 Å². The molecule has 0 fully saturated rings. The third-order valence-corrected chi connectivity index (χ3v) is 7.38. The third-order valence-electron chi connectivity index (χ3n) is 7.38. The largest absolute Gasteiger partial charge is 0.481 e. The summed E-state index contributed by atoms with van der Waals surface area (Å²) in [5.74, 6) is -2.03. The fraction of sp³-hybridized carbons (Fsp3) is 0.258. The standard InChI is InChI=1S/C31H30FN3O4/c1-34(2)23-13-9-20(10-14-23)31-30-25(17-21(18-27(30)36)19-7-11-22(32)12-8-19)33-24-5-3-4-6-26(24)35(31)28(37)15-16-29(38)39/h3-14,21,31,33H,15-18H2,1-2H3,(H,38,39)/t21-,31+/m0/s1.